The van der Waals surface area contributed by atoms with E-state index >= 15 is 0 Å². The summed E-state index contributed by atoms with van der Waals surface area (Å²) in [5.41, 5.74) is 0. The van der Waals surface area contributed by atoms with Crippen molar-refractivity contribution in [2.45, 2.75) is 59.4 Å². The minimum absolute atomic E-state index is 0.713. The molecule has 20 heavy (non-hydrogen) atoms. The maximum absolute atomic E-state index is 3.66. The molecule has 0 fully saturated rings. The molecule has 0 heterocycles. The number of nitrogens with one attached hydrogen (secondary N) is 1. The van der Waals surface area contributed by atoms with Gasteiger partial charge < -0.3 is 15.1 Å². The summed E-state index contributed by atoms with van der Waals surface area (Å²) >= 11 is 0. The minimum Gasteiger partial charge on any atom is -0.314 e. The number of hydrogen-bond donors (Lipinski definition) is 1. The van der Waals surface area contributed by atoms with Gasteiger partial charge in [-0.2, -0.15) is 0 Å². The van der Waals surface area contributed by atoms with Crippen molar-refractivity contribution in [2.24, 2.45) is 5.92 Å². The summed E-state index contributed by atoms with van der Waals surface area (Å²) in [5, 5.41) is 3.66. The van der Waals surface area contributed by atoms with Crippen LogP contribution in [0.25, 0.3) is 0 Å². The molecule has 0 rings (SSSR count). The van der Waals surface area contributed by atoms with Crippen LogP contribution in [0.1, 0.15) is 53.4 Å². The molecule has 0 amide bonds. The summed E-state index contributed by atoms with van der Waals surface area (Å²) in [6.07, 6.45) is 5.11. The Morgan fingerprint density at radius 3 is 2.20 bits per heavy atom. The van der Waals surface area contributed by atoms with Crippen LogP contribution in [0.5, 0.6) is 0 Å². The van der Waals surface area contributed by atoms with E-state index in [1.54, 1.807) is 0 Å². The lowest BCUT2D eigenvalue weighted by atomic mass is 10.1. The fourth-order valence-electron chi connectivity index (χ4n) is 2.51. The van der Waals surface area contributed by atoms with Gasteiger partial charge in [-0.3, -0.25) is 0 Å². The second kappa shape index (κ2) is 12.6. The zero-order chi connectivity index (χ0) is 15.4. The summed E-state index contributed by atoms with van der Waals surface area (Å²) < 4.78 is 0. The molecule has 0 spiro atoms. The highest BCUT2D eigenvalue weighted by molar-refractivity contribution is 4.68. The van der Waals surface area contributed by atoms with Crippen LogP contribution < -0.4 is 5.32 Å². The van der Waals surface area contributed by atoms with Crippen LogP contribution in [-0.4, -0.2) is 62.7 Å². The Morgan fingerprint density at radius 1 is 1.00 bits per heavy atom. The number of rotatable bonds is 13. The molecule has 3 heteroatoms. The molecule has 122 valence electrons. The van der Waals surface area contributed by atoms with Crippen LogP contribution in [0, 0.1) is 5.92 Å². The van der Waals surface area contributed by atoms with E-state index in [1.165, 1.54) is 45.3 Å². The van der Waals surface area contributed by atoms with Gasteiger partial charge in [0.2, 0.25) is 0 Å². The van der Waals surface area contributed by atoms with Crippen molar-refractivity contribution in [3.8, 4) is 0 Å². The highest BCUT2D eigenvalue weighted by Gasteiger charge is 2.10. The molecule has 0 aliphatic heterocycles. The maximum atomic E-state index is 3.66. The lowest BCUT2D eigenvalue weighted by Gasteiger charge is -2.26. The van der Waals surface area contributed by atoms with Gasteiger partial charge >= 0.3 is 0 Å². The van der Waals surface area contributed by atoms with Gasteiger partial charge in [-0.25, -0.2) is 0 Å². The van der Waals surface area contributed by atoms with Gasteiger partial charge in [-0.1, -0.05) is 27.7 Å². The molecular formula is C17H39N3. The third-order valence-electron chi connectivity index (χ3n) is 3.69. The Hall–Kier alpha value is -0.120. The molecular weight excluding hydrogens is 246 g/mol. The van der Waals surface area contributed by atoms with Crippen molar-refractivity contribution in [3.05, 3.63) is 0 Å². The van der Waals surface area contributed by atoms with Crippen molar-refractivity contribution in [2.75, 3.05) is 46.8 Å². The van der Waals surface area contributed by atoms with Gasteiger partial charge in [0.25, 0.3) is 0 Å². The lowest BCUT2D eigenvalue weighted by Crippen LogP contribution is -2.36. The van der Waals surface area contributed by atoms with E-state index in [0.717, 1.165) is 19.0 Å². The van der Waals surface area contributed by atoms with E-state index in [-0.39, 0.29) is 0 Å². The van der Waals surface area contributed by atoms with E-state index < -0.39 is 0 Å². The molecule has 0 saturated carbocycles. The largest absolute Gasteiger partial charge is 0.314 e. The van der Waals surface area contributed by atoms with Crippen molar-refractivity contribution in [1.82, 2.24) is 15.1 Å². The first-order chi connectivity index (χ1) is 9.49. The molecule has 0 aromatic carbocycles. The first kappa shape index (κ1) is 19.9. The van der Waals surface area contributed by atoms with Crippen molar-refractivity contribution < 1.29 is 0 Å². The highest BCUT2D eigenvalue weighted by Crippen LogP contribution is 2.06. The van der Waals surface area contributed by atoms with Crippen molar-refractivity contribution in [3.63, 3.8) is 0 Å². The summed E-state index contributed by atoms with van der Waals surface area (Å²) in [7, 11) is 4.32. The topological polar surface area (TPSA) is 18.5 Å². The maximum Gasteiger partial charge on any atom is 0.0109 e. The Kier molecular flexibility index (Phi) is 12.5. The van der Waals surface area contributed by atoms with Crippen LogP contribution in [0.4, 0.5) is 0 Å². The van der Waals surface area contributed by atoms with E-state index in [0.29, 0.717) is 6.04 Å². The van der Waals surface area contributed by atoms with Crippen molar-refractivity contribution in [1.29, 1.82) is 0 Å². The van der Waals surface area contributed by atoms with Crippen LogP contribution in [0.2, 0.25) is 0 Å². The molecule has 1 atom stereocenters. The summed E-state index contributed by atoms with van der Waals surface area (Å²) in [4.78, 5) is 4.92. The fraction of sp³-hybridized carbons (Fsp3) is 1.00. The quantitative estimate of drug-likeness (QED) is 0.561. The average molecular weight is 286 g/mol. The Morgan fingerprint density at radius 2 is 1.70 bits per heavy atom. The zero-order valence-electron chi connectivity index (χ0n) is 14.9. The van der Waals surface area contributed by atoms with Gasteiger partial charge in [-0.05, 0) is 58.8 Å². The third kappa shape index (κ3) is 11.7. The molecule has 0 bridgehead atoms. The number of nitrogens with zero attached hydrogens (tertiary/aromatic N) is 2. The molecule has 1 N–H and O–H groups in total. The van der Waals surface area contributed by atoms with E-state index in [1.807, 2.05) is 0 Å². The highest BCUT2D eigenvalue weighted by atomic mass is 15.2. The first-order valence-electron chi connectivity index (χ1n) is 8.60. The van der Waals surface area contributed by atoms with Gasteiger partial charge in [0.1, 0.15) is 0 Å². The van der Waals surface area contributed by atoms with Crippen LogP contribution in [0.15, 0.2) is 0 Å². The van der Waals surface area contributed by atoms with Crippen LogP contribution in [-0.2, 0) is 0 Å². The smallest absolute Gasteiger partial charge is 0.0109 e. The molecule has 1 unspecified atom stereocenters. The lowest BCUT2D eigenvalue weighted by molar-refractivity contribution is 0.212. The van der Waals surface area contributed by atoms with Gasteiger partial charge in [0, 0.05) is 25.7 Å². The molecule has 3 nitrogen and oxygen atoms in total. The normalized spacial score (nSPS) is 13.7. The molecule has 0 aliphatic carbocycles. The Labute approximate surface area is 128 Å². The van der Waals surface area contributed by atoms with E-state index in [4.69, 9.17) is 0 Å². The predicted octanol–water partition coefficient (Wildman–Crippen LogP) is 3.06. The van der Waals surface area contributed by atoms with Gasteiger partial charge in [0.15, 0.2) is 0 Å². The van der Waals surface area contributed by atoms with E-state index in [2.05, 4.69) is 56.9 Å². The Bertz CT molecular complexity index is 204. The third-order valence-corrected chi connectivity index (χ3v) is 3.69. The Balaban J connectivity index is 3.97. The fourth-order valence-corrected chi connectivity index (χ4v) is 2.51. The summed E-state index contributed by atoms with van der Waals surface area (Å²) in [5.74, 6) is 0.761. The minimum atomic E-state index is 0.713. The summed E-state index contributed by atoms with van der Waals surface area (Å²) in [6.45, 7) is 15.2. The predicted molar refractivity (Wildman–Crippen MR) is 91.4 cm³/mol. The SMILES string of the molecule is CCCNC(CC)CCCN(CCN(C)C)CC(C)C. The standard InChI is InChI=1S/C17H39N3/c1-7-11-18-17(8-2)10-9-12-20(15-16(3)4)14-13-19(5)6/h16-18H,7-15H2,1-6H3. The van der Waals surface area contributed by atoms with Crippen molar-refractivity contribution >= 4 is 0 Å². The second-order valence-electron chi connectivity index (χ2n) is 6.70. The number of hydrogen-bond acceptors (Lipinski definition) is 3. The molecule has 0 saturated heterocycles. The molecule has 0 aromatic rings. The zero-order valence-corrected chi connectivity index (χ0v) is 14.9. The molecule has 0 aliphatic rings. The first-order valence-corrected chi connectivity index (χ1v) is 8.60. The van der Waals surface area contributed by atoms with E-state index in [9.17, 15) is 0 Å². The van der Waals surface area contributed by atoms with Gasteiger partial charge in [0.05, 0.1) is 0 Å². The van der Waals surface area contributed by atoms with Crippen LogP contribution in [0.3, 0.4) is 0 Å². The summed E-state index contributed by atoms with van der Waals surface area (Å²) in [6, 6.07) is 0.713. The second-order valence-corrected chi connectivity index (χ2v) is 6.70. The molecule has 0 aromatic heterocycles. The monoisotopic (exact) mass is 285 g/mol. The molecule has 0 radical (unpaired) electrons. The average Bonchev–Trinajstić information content (AvgIpc) is 2.38. The van der Waals surface area contributed by atoms with Crippen LogP contribution >= 0.6 is 0 Å². The van der Waals surface area contributed by atoms with Gasteiger partial charge in [-0.15, -0.1) is 0 Å². The number of likely N-dealkylation sites (N-methyl/N-ethyl adjacent to an activating group) is 1.